The van der Waals surface area contributed by atoms with Gasteiger partial charge in [0.2, 0.25) is 0 Å². The van der Waals surface area contributed by atoms with Crippen LogP contribution in [0.25, 0.3) is 0 Å². The van der Waals surface area contributed by atoms with E-state index in [9.17, 15) is 13.2 Å². The van der Waals surface area contributed by atoms with Crippen LogP contribution in [0.4, 0.5) is 13.2 Å². The third-order valence-electron chi connectivity index (χ3n) is 1.42. The number of halogens is 5. The zero-order valence-electron chi connectivity index (χ0n) is 6.20. The Morgan fingerprint density at radius 3 is 2.62 bits per heavy atom. The Bertz CT molecular complexity index is 319. The van der Waals surface area contributed by atoms with Crippen molar-refractivity contribution in [3.63, 3.8) is 0 Å². The number of nitrogens with zero attached hydrogens (tertiary/aromatic N) is 1. The molecule has 1 heterocycles. The number of alkyl halides is 3. The van der Waals surface area contributed by atoms with Crippen LogP contribution < -0.4 is 0 Å². The molecule has 6 heteroatoms. The van der Waals surface area contributed by atoms with E-state index in [4.69, 9.17) is 0 Å². The lowest BCUT2D eigenvalue weighted by Crippen LogP contribution is -2.00. The van der Waals surface area contributed by atoms with E-state index in [1.165, 1.54) is 0 Å². The molecule has 0 spiro atoms. The Kier molecular flexibility index (Phi) is 3.96. The fourth-order valence-electron chi connectivity index (χ4n) is 0.760. The van der Waals surface area contributed by atoms with Crippen LogP contribution in [0.3, 0.4) is 0 Å². The molecule has 0 unspecified atom stereocenters. The van der Waals surface area contributed by atoms with Gasteiger partial charge >= 0.3 is 0 Å². The first-order valence-corrected chi connectivity index (χ1v) is 5.44. The summed E-state index contributed by atoms with van der Waals surface area (Å²) in [7, 11) is 0. The van der Waals surface area contributed by atoms with E-state index in [-0.39, 0.29) is 3.57 Å². The van der Waals surface area contributed by atoms with Gasteiger partial charge in [0.25, 0.3) is 6.43 Å². The topological polar surface area (TPSA) is 12.9 Å². The second-order valence-electron chi connectivity index (χ2n) is 2.22. The molecule has 1 aromatic rings. The van der Waals surface area contributed by atoms with Crippen LogP contribution in [0.1, 0.15) is 17.7 Å². The van der Waals surface area contributed by atoms with Gasteiger partial charge < -0.3 is 0 Å². The van der Waals surface area contributed by atoms with Crippen LogP contribution in [0, 0.1) is 9.39 Å². The number of aromatic nitrogens is 1. The van der Waals surface area contributed by atoms with Crippen molar-refractivity contribution in [2.75, 3.05) is 0 Å². The first-order chi connectivity index (χ1) is 6.07. The molecule has 1 aromatic heterocycles. The van der Waals surface area contributed by atoms with Crippen LogP contribution in [-0.2, 0) is 5.33 Å². The first kappa shape index (κ1) is 11.2. The SMILES string of the molecule is Fc1c(C(F)F)cnc(CBr)c1I. The molecule has 0 N–H and O–H groups in total. The molecule has 0 aromatic carbocycles. The van der Waals surface area contributed by atoms with Gasteiger partial charge in [-0.25, -0.2) is 13.2 Å². The fraction of sp³-hybridized carbons (Fsp3) is 0.286. The average Bonchev–Trinajstić information content (AvgIpc) is 2.09. The molecule has 1 nitrogen and oxygen atoms in total. The highest BCUT2D eigenvalue weighted by Gasteiger charge is 2.18. The fourth-order valence-corrected chi connectivity index (χ4v) is 2.35. The Balaban J connectivity index is 3.23. The summed E-state index contributed by atoms with van der Waals surface area (Å²) in [6, 6.07) is 0. The number of rotatable bonds is 2. The Morgan fingerprint density at radius 2 is 2.15 bits per heavy atom. The second kappa shape index (κ2) is 4.59. The lowest BCUT2D eigenvalue weighted by Gasteiger charge is -2.05. The van der Waals surface area contributed by atoms with Crippen molar-refractivity contribution in [1.29, 1.82) is 0 Å². The van der Waals surface area contributed by atoms with Crippen LogP contribution >= 0.6 is 38.5 Å². The maximum atomic E-state index is 13.2. The molecule has 0 radical (unpaired) electrons. The number of pyridine rings is 1. The minimum absolute atomic E-state index is 0.146. The van der Waals surface area contributed by atoms with E-state index in [1.807, 2.05) is 0 Å². The summed E-state index contributed by atoms with van der Waals surface area (Å²) in [5.41, 5.74) is -0.211. The van der Waals surface area contributed by atoms with Gasteiger partial charge in [-0.15, -0.1) is 0 Å². The molecular weight excluding hydrogens is 362 g/mol. The Labute approximate surface area is 95.0 Å². The van der Waals surface area contributed by atoms with Crippen LogP contribution in [0.5, 0.6) is 0 Å². The number of hydrogen-bond donors (Lipinski definition) is 0. The van der Waals surface area contributed by atoms with Crippen LogP contribution in [0.2, 0.25) is 0 Å². The molecular formula is C7H4BrF3IN. The summed E-state index contributed by atoms with van der Waals surface area (Å²) in [6.07, 6.45) is -1.94. The van der Waals surface area contributed by atoms with Gasteiger partial charge in [-0.2, -0.15) is 0 Å². The molecule has 0 atom stereocenters. The third kappa shape index (κ3) is 2.34. The molecule has 0 aliphatic rings. The summed E-state index contributed by atoms with van der Waals surface area (Å²) < 4.78 is 37.6. The molecule has 0 bridgehead atoms. The number of hydrogen-bond acceptors (Lipinski definition) is 1. The van der Waals surface area contributed by atoms with Gasteiger partial charge in [0.1, 0.15) is 5.82 Å². The maximum Gasteiger partial charge on any atom is 0.268 e. The zero-order valence-corrected chi connectivity index (χ0v) is 9.94. The molecule has 0 saturated carbocycles. The molecule has 0 aliphatic carbocycles. The Morgan fingerprint density at radius 1 is 1.54 bits per heavy atom. The quantitative estimate of drug-likeness (QED) is 0.575. The summed E-state index contributed by atoms with van der Waals surface area (Å²) in [5.74, 6) is -0.875. The van der Waals surface area contributed by atoms with E-state index < -0.39 is 17.8 Å². The second-order valence-corrected chi connectivity index (χ2v) is 3.86. The predicted octanol–water partition coefficient (Wildman–Crippen LogP) is 3.66. The van der Waals surface area contributed by atoms with E-state index in [2.05, 4.69) is 20.9 Å². The smallest absolute Gasteiger partial charge is 0.259 e. The monoisotopic (exact) mass is 365 g/mol. The van der Waals surface area contributed by atoms with Crippen molar-refractivity contribution in [3.05, 3.63) is 26.8 Å². The summed E-state index contributed by atoms with van der Waals surface area (Å²) in [5, 5.41) is 0.353. The molecule has 0 aliphatic heterocycles. The van der Waals surface area contributed by atoms with E-state index in [0.29, 0.717) is 11.0 Å². The lowest BCUT2D eigenvalue weighted by molar-refractivity contribution is 0.145. The van der Waals surface area contributed by atoms with Crippen LogP contribution in [-0.4, -0.2) is 4.98 Å². The summed E-state index contributed by atoms with van der Waals surface area (Å²) >= 11 is 4.75. The highest BCUT2D eigenvalue weighted by atomic mass is 127. The minimum atomic E-state index is -2.81. The van der Waals surface area contributed by atoms with Crippen molar-refractivity contribution in [2.45, 2.75) is 11.8 Å². The summed E-state index contributed by atoms with van der Waals surface area (Å²) in [4.78, 5) is 3.70. The zero-order chi connectivity index (χ0) is 10.0. The van der Waals surface area contributed by atoms with Crippen molar-refractivity contribution < 1.29 is 13.2 Å². The summed E-state index contributed by atoms with van der Waals surface area (Å²) in [6.45, 7) is 0. The third-order valence-corrected chi connectivity index (χ3v) is 3.05. The van der Waals surface area contributed by atoms with Gasteiger partial charge in [-0.1, -0.05) is 15.9 Å². The van der Waals surface area contributed by atoms with Gasteiger partial charge in [0.05, 0.1) is 14.8 Å². The molecule has 0 saturated heterocycles. The van der Waals surface area contributed by atoms with E-state index >= 15 is 0 Å². The van der Waals surface area contributed by atoms with Crippen molar-refractivity contribution in [2.24, 2.45) is 0 Å². The normalized spacial score (nSPS) is 10.9. The largest absolute Gasteiger partial charge is 0.268 e. The van der Waals surface area contributed by atoms with Gasteiger partial charge in [0.15, 0.2) is 0 Å². The molecule has 0 fully saturated rings. The molecule has 1 rings (SSSR count). The van der Waals surface area contributed by atoms with Gasteiger partial charge in [0, 0.05) is 11.5 Å². The van der Waals surface area contributed by atoms with E-state index in [1.54, 1.807) is 22.6 Å². The predicted molar refractivity (Wildman–Crippen MR) is 54.5 cm³/mol. The Hall–Kier alpha value is 0.150. The van der Waals surface area contributed by atoms with Crippen molar-refractivity contribution >= 4 is 38.5 Å². The highest BCUT2D eigenvalue weighted by Crippen LogP contribution is 2.26. The molecule has 0 amide bonds. The van der Waals surface area contributed by atoms with Crippen molar-refractivity contribution in [3.8, 4) is 0 Å². The van der Waals surface area contributed by atoms with Gasteiger partial charge in [-0.05, 0) is 22.6 Å². The maximum absolute atomic E-state index is 13.2. The van der Waals surface area contributed by atoms with E-state index in [0.717, 1.165) is 6.20 Å². The van der Waals surface area contributed by atoms with Gasteiger partial charge in [-0.3, -0.25) is 4.98 Å². The first-order valence-electron chi connectivity index (χ1n) is 3.24. The van der Waals surface area contributed by atoms with Crippen molar-refractivity contribution in [1.82, 2.24) is 4.98 Å². The molecule has 13 heavy (non-hydrogen) atoms. The standard InChI is InChI=1S/C7H4BrF3IN/c8-1-4-6(12)5(9)3(2-13-4)7(10)11/h2,7H,1H2. The lowest BCUT2D eigenvalue weighted by atomic mass is 10.2. The van der Waals surface area contributed by atoms with Crippen LogP contribution in [0.15, 0.2) is 6.20 Å². The highest BCUT2D eigenvalue weighted by molar-refractivity contribution is 14.1. The molecule has 72 valence electrons. The average molecular weight is 366 g/mol. The minimum Gasteiger partial charge on any atom is -0.259 e.